The molecular weight excluding hydrogens is 396 g/mol. The molecule has 2 heterocycles. The number of fused-ring (bicyclic) bond motifs is 1. The fourth-order valence-electron chi connectivity index (χ4n) is 3.94. The van der Waals surface area contributed by atoms with E-state index in [4.69, 9.17) is 20.6 Å². The molecule has 0 aliphatic heterocycles. The summed E-state index contributed by atoms with van der Waals surface area (Å²) in [7, 11) is 0. The molecule has 1 atom stereocenters. The molecule has 1 saturated carbocycles. The van der Waals surface area contributed by atoms with E-state index in [0.29, 0.717) is 23.8 Å². The number of rotatable bonds is 6. The number of nitrogens with zero attached hydrogens (tertiary/aromatic N) is 2. The van der Waals surface area contributed by atoms with Crippen LogP contribution in [0.2, 0.25) is 0 Å². The number of benzene rings is 2. The standard InChI is InChI=1S/C23H18N4O4/c24-21(28)23(22(25)29)12-17(23)13-1-4-15(5-2-13)31-19-7-8-26-18-11-14(3-6-16(18)19)20-27-9-10-30-20/h1-11,17H,12H2,(H2,24,28)(H2,25,29). The summed E-state index contributed by atoms with van der Waals surface area (Å²) >= 11 is 0. The third kappa shape index (κ3) is 3.09. The zero-order chi connectivity index (χ0) is 21.6. The number of nitrogens with two attached hydrogens (primary N) is 2. The lowest BCUT2D eigenvalue weighted by Gasteiger charge is -2.11. The Morgan fingerprint density at radius 2 is 1.77 bits per heavy atom. The van der Waals surface area contributed by atoms with Gasteiger partial charge in [0, 0.05) is 23.1 Å². The van der Waals surface area contributed by atoms with E-state index in [9.17, 15) is 9.59 Å². The van der Waals surface area contributed by atoms with E-state index < -0.39 is 17.2 Å². The van der Waals surface area contributed by atoms with Crippen LogP contribution in [0.25, 0.3) is 22.4 Å². The van der Waals surface area contributed by atoms with Crippen LogP contribution in [0.3, 0.4) is 0 Å². The van der Waals surface area contributed by atoms with Crippen molar-refractivity contribution in [2.24, 2.45) is 16.9 Å². The van der Waals surface area contributed by atoms with Crippen LogP contribution in [0.1, 0.15) is 17.9 Å². The van der Waals surface area contributed by atoms with Crippen LogP contribution in [-0.4, -0.2) is 21.8 Å². The minimum Gasteiger partial charge on any atom is -0.457 e. The summed E-state index contributed by atoms with van der Waals surface area (Å²) in [5.41, 5.74) is 11.9. The first kappa shape index (κ1) is 18.8. The fourth-order valence-corrected chi connectivity index (χ4v) is 3.94. The monoisotopic (exact) mass is 414 g/mol. The topological polar surface area (TPSA) is 134 Å². The molecule has 8 nitrogen and oxygen atoms in total. The van der Waals surface area contributed by atoms with Crippen molar-refractivity contribution in [3.05, 3.63) is 72.8 Å². The maximum Gasteiger partial charge on any atom is 0.233 e. The van der Waals surface area contributed by atoms with Gasteiger partial charge in [-0.05, 0) is 48.4 Å². The number of pyridine rings is 1. The Morgan fingerprint density at radius 3 is 2.42 bits per heavy atom. The molecule has 4 N–H and O–H groups in total. The molecule has 0 radical (unpaired) electrons. The second kappa shape index (κ2) is 6.94. The van der Waals surface area contributed by atoms with E-state index in [1.165, 1.54) is 6.26 Å². The van der Waals surface area contributed by atoms with Crippen LogP contribution in [0.5, 0.6) is 11.5 Å². The van der Waals surface area contributed by atoms with E-state index in [0.717, 1.165) is 22.0 Å². The van der Waals surface area contributed by atoms with Gasteiger partial charge in [-0.1, -0.05) is 12.1 Å². The second-order valence-electron chi connectivity index (χ2n) is 7.51. The van der Waals surface area contributed by atoms with Gasteiger partial charge in [0.25, 0.3) is 0 Å². The number of hydrogen-bond acceptors (Lipinski definition) is 6. The molecular formula is C23H18N4O4. The van der Waals surface area contributed by atoms with Crippen molar-refractivity contribution in [3.8, 4) is 23.0 Å². The fraction of sp³-hybridized carbons (Fsp3) is 0.130. The number of primary amides is 2. The summed E-state index contributed by atoms with van der Waals surface area (Å²) in [5.74, 6) is 0.111. The van der Waals surface area contributed by atoms with Gasteiger partial charge in [0.05, 0.1) is 11.7 Å². The number of carbonyl (C=O) groups excluding carboxylic acids is 2. The first-order valence-corrected chi connectivity index (χ1v) is 9.65. The van der Waals surface area contributed by atoms with Crippen LogP contribution in [0, 0.1) is 5.41 Å². The minimum absolute atomic E-state index is 0.299. The van der Waals surface area contributed by atoms with E-state index in [1.54, 1.807) is 30.6 Å². The third-order valence-corrected chi connectivity index (χ3v) is 5.73. The van der Waals surface area contributed by atoms with E-state index in [1.807, 2.05) is 30.3 Å². The summed E-state index contributed by atoms with van der Waals surface area (Å²) in [6, 6.07) is 14.7. The van der Waals surface area contributed by atoms with Crippen molar-refractivity contribution in [2.75, 3.05) is 0 Å². The van der Waals surface area contributed by atoms with Crippen molar-refractivity contribution in [2.45, 2.75) is 12.3 Å². The average molecular weight is 414 g/mol. The lowest BCUT2D eigenvalue weighted by molar-refractivity contribution is -0.133. The molecule has 0 spiro atoms. The average Bonchev–Trinajstić information content (AvgIpc) is 3.31. The van der Waals surface area contributed by atoms with Gasteiger partial charge in [-0.2, -0.15) is 0 Å². The highest BCUT2D eigenvalue weighted by atomic mass is 16.5. The maximum atomic E-state index is 11.7. The minimum atomic E-state index is -1.29. The largest absolute Gasteiger partial charge is 0.457 e. The van der Waals surface area contributed by atoms with Crippen LogP contribution in [-0.2, 0) is 9.59 Å². The van der Waals surface area contributed by atoms with Gasteiger partial charge >= 0.3 is 0 Å². The first-order chi connectivity index (χ1) is 15.0. The number of aromatic nitrogens is 2. The van der Waals surface area contributed by atoms with Crippen LogP contribution >= 0.6 is 0 Å². The van der Waals surface area contributed by atoms with Gasteiger partial charge < -0.3 is 20.6 Å². The van der Waals surface area contributed by atoms with Crippen LogP contribution in [0.15, 0.2) is 71.6 Å². The third-order valence-electron chi connectivity index (χ3n) is 5.73. The Kier molecular flexibility index (Phi) is 4.21. The molecule has 1 aliphatic carbocycles. The van der Waals surface area contributed by atoms with E-state index in [-0.39, 0.29) is 5.92 Å². The van der Waals surface area contributed by atoms with Gasteiger partial charge in [0.2, 0.25) is 17.7 Å². The summed E-state index contributed by atoms with van der Waals surface area (Å²) in [6.45, 7) is 0. The lowest BCUT2D eigenvalue weighted by Crippen LogP contribution is -2.38. The predicted molar refractivity (Wildman–Crippen MR) is 112 cm³/mol. The number of carbonyl (C=O) groups is 2. The van der Waals surface area contributed by atoms with E-state index >= 15 is 0 Å². The second-order valence-corrected chi connectivity index (χ2v) is 7.51. The van der Waals surface area contributed by atoms with Crippen molar-refractivity contribution < 1.29 is 18.7 Å². The van der Waals surface area contributed by atoms with Gasteiger partial charge in [-0.25, -0.2) is 4.98 Å². The summed E-state index contributed by atoms with van der Waals surface area (Å²) in [5, 5.41) is 0.838. The normalized spacial score (nSPS) is 16.7. The lowest BCUT2D eigenvalue weighted by atomic mass is 9.97. The first-order valence-electron chi connectivity index (χ1n) is 9.65. The molecule has 1 unspecified atom stereocenters. The molecule has 0 bridgehead atoms. The van der Waals surface area contributed by atoms with Crippen LogP contribution in [0.4, 0.5) is 0 Å². The Morgan fingerprint density at radius 1 is 1.00 bits per heavy atom. The SMILES string of the molecule is NC(=O)C1(C(N)=O)CC1c1ccc(Oc2ccnc3cc(-c4ncco4)ccc23)cc1. The zero-order valence-corrected chi connectivity index (χ0v) is 16.3. The van der Waals surface area contributed by atoms with Gasteiger partial charge in [0.1, 0.15) is 23.2 Å². The molecule has 2 aromatic heterocycles. The molecule has 1 aliphatic rings. The highest BCUT2D eigenvalue weighted by Gasteiger charge is 2.64. The molecule has 31 heavy (non-hydrogen) atoms. The van der Waals surface area contributed by atoms with Gasteiger partial charge in [-0.15, -0.1) is 0 Å². The highest BCUT2D eigenvalue weighted by molar-refractivity contribution is 6.08. The van der Waals surface area contributed by atoms with Crippen molar-refractivity contribution in [3.63, 3.8) is 0 Å². The Labute approximate surface area is 176 Å². The molecule has 8 heteroatoms. The number of oxazole rings is 1. The number of amides is 2. The molecule has 1 fully saturated rings. The van der Waals surface area contributed by atoms with Crippen molar-refractivity contribution in [1.29, 1.82) is 0 Å². The molecule has 4 aromatic rings. The highest BCUT2D eigenvalue weighted by Crippen LogP contribution is 2.59. The molecule has 2 aromatic carbocycles. The van der Waals surface area contributed by atoms with Gasteiger partial charge in [0.15, 0.2) is 0 Å². The number of ether oxygens (including phenoxy) is 1. The van der Waals surface area contributed by atoms with Crippen molar-refractivity contribution >= 4 is 22.7 Å². The Hall–Kier alpha value is -4.20. The van der Waals surface area contributed by atoms with Crippen molar-refractivity contribution in [1.82, 2.24) is 9.97 Å². The Bertz CT molecular complexity index is 1290. The van der Waals surface area contributed by atoms with Gasteiger partial charge in [-0.3, -0.25) is 14.6 Å². The molecule has 154 valence electrons. The quantitative estimate of drug-likeness (QED) is 0.466. The Balaban J connectivity index is 1.39. The smallest absolute Gasteiger partial charge is 0.233 e. The number of hydrogen-bond donors (Lipinski definition) is 2. The molecule has 0 saturated heterocycles. The van der Waals surface area contributed by atoms with Crippen LogP contribution < -0.4 is 16.2 Å². The predicted octanol–water partition coefficient (Wildman–Crippen LogP) is 3.13. The van der Waals surface area contributed by atoms with E-state index in [2.05, 4.69) is 9.97 Å². The molecule has 5 rings (SSSR count). The summed E-state index contributed by atoms with van der Waals surface area (Å²) in [4.78, 5) is 32.0. The molecule has 2 amide bonds. The maximum absolute atomic E-state index is 11.7. The zero-order valence-electron chi connectivity index (χ0n) is 16.3. The summed E-state index contributed by atoms with van der Waals surface area (Å²) < 4.78 is 11.4. The summed E-state index contributed by atoms with van der Waals surface area (Å²) in [6.07, 6.45) is 5.12.